The highest BCUT2D eigenvalue weighted by Gasteiger charge is 2.00. The molecule has 23 heavy (non-hydrogen) atoms. The Morgan fingerprint density at radius 1 is 0.826 bits per heavy atom. The van der Waals surface area contributed by atoms with Gasteiger partial charge < -0.3 is 29.6 Å². The van der Waals surface area contributed by atoms with Crippen molar-refractivity contribution in [3.8, 4) is 0 Å². The summed E-state index contributed by atoms with van der Waals surface area (Å²) in [5, 5.41) is 5.10. The average molecular weight is 334 g/mol. The van der Waals surface area contributed by atoms with Gasteiger partial charge in [-0.25, -0.2) is 0 Å². The van der Waals surface area contributed by atoms with E-state index in [0.717, 1.165) is 0 Å². The lowest BCUT2D eigenvalue weighted by Gasteiger charge is -2.08. The standard InChI is InChI=1S/C14H26N2O7/c1-13(18)10-22-8-6-21-5-3-16-14(19)11-23-9-7-20-4-2-15-12-17/h12H,2-11H2,1H3,(H,15,17)(H,16,19). The van der Waals surface area contributed by atoms with Gasteiger partial charge in [-0.05, 0) is 6.92 Å². The highest BCUT2D eigenvalue weighted by Crippen LogP contribution is 1.81. The third-order valence-corrected chi connectivity index (χ3v) is 2.33. The Morgan fingerprint density at radius 2 is 1.39 bits per heavy atom. The summed E-state index contributed by atoms with van der Waals surface area (Å²) in [4.78, 5) is 31.9. The first-order valence-electron chi connectivity index (χ1n) is 7.41. The molecular weight excluding hydrogens is 308 g/mol. The Labute approximate surface area is 136 Å². The molecule has 0 atom stereocenters. The molecule has 0 aromatic rings. The second-order valence-electron chi connectivity index (χ2n) is 4.45. The van der Waals surface area contributed by atoms with E-state index in [1.165, 1.54) is 6.92 Å². The molecule has 0 fully saturated rings. The fourth-order valence-electron chi connectivity index (χ4n) is 1.32. The van der Waals surface area contributed by atoms with E-state index in [0.29, 0.717) is 59.1 Å². The van der Waals surface area contributed by atoms with Gasteiger partial charge in [-0.3, -0.25) is 14.4 Å². The Hall–Kier alpha value is -1.55. The molecule has 134 valence electrons. The lowest BCUT2D eigenvalue weighted by molar-refractivity contribution is -0.126. The predicted octanol–water partition coefficient (Wildman–Crippen LogP) is -1.50. The van der Waals surface area contributed by atoms with Gasteiger partial charge in [0, 0.05) is 13.1 Å². The molecule has 9 nitrogen and oxygen atoms in total. The molecule has 0 aromatic carbocycles. The quantitative estimate of drug-likeness (QED) is 0.246. The highest BCUT2D eigenvalue weighted by molar-refractivity contribution is 5.77. The third-order valence-electron chi connectivity index (χ3n) is 2.33. The molecule has 0 aliphatic rings. The first-order chi connectivity index (χ1) is 11.2. The van der Waals surface area contributed by atoms with Crippen LogP contribution >= 0.6 is 0 Å². The molecule has 2 N–H and O–H groups in total. The number of carbonyl (C=O) groups excluding carboxylic acids is 3. The summed E-state index contributed by atoms with van der Waals surface area (Å²) in [6.07, 6.45) is 0.604. The summed E-state index contributed by atoms with van der Waals surface area (Å²) in [5.41, 5.74) is 0. The molecule has 0 bridgehead atoms. The molecule has 0 radical (unpaired) electrons. The maximum Gasteiger partial charge on any atom is 0.246 e. The topological polar surface area (TPSA) is 112 Å². The summed E-state index contributed by atoms with van der Waals surface area (Å²) in [6, 6.07) is 0. The second-order valence-corrected chi connectivity index (χ2v) is 4.45. The van der Waals surface area contributed by atoms with Crippen molar-refractivity contribution in [1.29, 1.82) is 0 Å². The van der Waals surface area contributed by atoms with Crippen molar-refractivity contribution >= 4 is 18.1 Å². The number of Topliss-reactive ketones (excluding diaryl/α,β-unsaturated/α-hetero) is 1. The van der Waals surface area contributed by atoms with E-state index in [1.807, 2.05) is 0 Å². The molecule has 0 saturated heterocycles. The van der Waals surface area contributed by atoms with E-state index in [-0.39, 0.29) is 24.9 Å². The van der Waals surface area contributed by atoms with Crippen LogP contribution in [0.4, 0.5) is 0 Å². The Bertz CT molecular complexity index is 326. The Balaban J connectivity index is 3.19. The van der Waals surface area contributed by atoms with E-state index in [9.17, 15) is 14.4 Å². The average Bonchev–Trinajstić information content (AvgIpc) is 2.52. The second kappa shape index (κ2) is 16.8. The summed E-state index contributed by atoms with van der Waals surface area (Å²) in [7, 11) is 0. The number of rotatable bonds is 17. The van der Waals surface area contributed by atoms with Gasteiger partial charge in [0.05, 0.1) is 39.6 Å². The number of hydrogen-bond acceptors (Lipinski definition) is 7. The molecule has 0 aromatic heterocycles. The molecule has 0 rings (SSSR count). The van der Waals surface area contributed by atoms with Crippen LogP contribution in [-0.2, 0) is 33.3 Å². The Kier molecular flexibility index (Phi) is 15.7. The molecule has 9 heteroatoms. The highest BCUT2D eigenvalue weighted by atomic mass is 16.5. The van der Waals surface area contributed by atoms with Crippen molar-refractivity contribution in [2.45, 2.75) is 6.92 Å². The van der Waals surface area contributed by atoms with Gasteiger partial charge in [-0.1, -0.05) is 0 Å². The van der Waals surface area contributed by atoms with E-state index in [4.69, 9.17) is 18.9 Å². The smallest absolute Gasteiger partial charge is 0.246 e. The fourth-order valence-corrected chi connectivity index (χ4v) is 1.32. The normalized spacial score (nSPS) is 10.3. The largest absolute Gasteiger partial charge is 0.377 e. The summed E-state index contributed by atoms with van der Waals surface area (Å²) in [6.45, 7) is 4.48. The zero-order valence-electron chi connectivity index (χ0n) is 13.5. The van der Waals surface area contributed by atoms with Crippen molar-refractivity contribution in [1.82, 2.24) is 10.6 Å². The van der Waals surface area contributed by atoms with E-state index in [1.54, 1.807) is 0 Å². The zero-order valence-corrected chi connectivity index (χ0v) is 13.5. The SMILES string of the molecule is CC(=O)COCCOCCNC(=O)COCCOCCNC=O. The van der Waals surface area contributed by atoms with Crippen molar-refractivity contribution in [2.24, 2.45) is 0 Å². The van der Waals surface area contributed by atoms with Gasteiger partial charge in [0.25, 0.3) is 0 Å². The van der Waals surface area contributed by atoms with E-state index >= 15 is 0 Å². The summed E-state index contributed by atoms with van der Waals surface area (Å²) in [5.74, 6) is -0.260. The Morgan fingerprint density at radius 3 is 2.00 bits per heavy atom. The number of amides is 2. The third kappa shape index (κ3) is 18.4. The first kappa shape index (κ1) is 21.4. The molecule has 0 saturated carbocycles. The molecule has 0 aliphatic heterocycles. The van der Waals surface area contributed by atoms with Crippen LogP contribution in [0.5, 0.6) is 0 Å². The predicted molar refractivity (Wildman–Crippen MR) is 81.0 cm³/mol. The number of nitrogens with one attached hydrogen (secondary N) is 2. The van der Waals surface area contributed by atoms with Crippen LogP contribution in [0, 0.1) is 0 Å². The minimum Gasteiger partial charge on any atom is -0.377 e. The van der Waals surface area contributed by atoms with Crippen LogP contribution in [0.15, 0.2) is 0 Å². The summed E-state index contributed by atoms with van der Waals surface area (Å²) < 4.78 is 20.5. The minimum absolute atomic E-state index is 0.0275. The van der Waals surface area contributed by atoms with Crippen LogP contribution in [0.2, 0.25) is 0 Å². The minimum atomic E-state index is -0.232. The molecule has 0 aliphatic carbocycles. The number of ether oxygens (including phenoxy) is 4. The van der Waals surface area contributed by atoms with Crippen LogP contribution < -0.4 is 10.6 Å². The zero-order chi connectivity index (χ0) is 17.2. The van der Waals surface area contributed by atoms with Crippen molar-refractivity contribution in [3.05, 3.63) is 0 Å². The molecule has 2 amide bonds. The van der Waals surface area contributed by atoms with Gasteiger partial charge in [0.15, 0.2) is 5.78 Å². The lowest BCUT2D eigenvalue weighted by Crippen LogP contribution is -2.31. The van der Waals surface area contributed by atoms with Crippen LogP contribution in [-0.4, -0.2) is 84.0 Å². The molecule has 0 heterocycles. The van der Waals surface area contributed by atoms with Crippen LogP contribution in [0.1, 0.15) is 6.92 Å². The van der Waals surface area contributed by atoms with Crippen LogP contribution in [0.25, 0.3) is 0 Å². The molecule has 0 unspecified atom stereocenters. The van der Waals surface area contributed by atoms with Gasteiger partial charge >= 0.3 is 0 Å². The monoisotopic (exact) mass is 334 g/mol. The van der Waals surface area contributed by atoms with Gasteiger partial charge in [-0.15, -0.1) is 0 Å². The maximum absolute atomic E-state index is 11.4. The van der Waals surface area contributed by atoms with Gasteiger partial charge in [0.1, 0.15) is 13.2 Å². The van der Waals surface area contributed by atoms with Crippen molar-refractivity contribution < 1.29 is 33.3 Å². The number of ketones is 1. The molecule has 0 spiro atoms. The van der Waals surface area contributed by atoms with E-state index in [2.05, 4.69) is 10.6 Å². The summed E-state index contributed by atoms with van der Waals surface area (Å²) >= 11 is 0. The lowest BCUT2D eigenvalue weighted by atomic mass is 10.5. The van der Waals surface area contributed by atoms with Crippen LogP contribution in [0.3, 0.4) is 0 Å². The number of hydrogen-bond donors (Lipinski definition) is 2. The van der Waals surface area contributed by atoms with Gasteiger partial charge in [0.2, 0.25) is 12.3 Å². The first-order valence-corrected chi connectivity index (χ1v) is 7.41. The van der Waals surface area contributed by atoms with Crippen molar-refractivity contribution in [2.75, 3.05) is 65.9 Å². The fraction of sp³-hybridized carbons (Fsp3) is 0.786. The van der Waals surface area contributed by atoms with Gasteiger partial charge in [-0.2, -0.15) is 0 Å². The molecular formula is C14H26N2O7. The van der Waals surface area contributed by atoms with E-state index < -0.39 is 0 Å². The maximum atomic E-state index is 11.4. The number of carbonyl (C=O) groups is 3. The van der Waals surface area contributed by atoms with Crippen molar-refractivity contribution in [3.63, 3.8) is 0 Å².